The van der Waals surface area contributed by atoms with Gasteiger partial charge in [-0.3, -0.25) is 23.9 Å². The number of aromatic hydroxyl groups is 1. The van der Waals surface area contributed by atoms with Gasteiger partial charge in [-0.1, -0.05) is 12.1 Å². The smallest absolute Gasteiger partial charge is 0.335 e. The number of nitrogens with one attached hydrogen (secondary N) is 1. The zero-order valence-corrected chi connectivity index (χ0v) is 20.6. The van der Waals surface area contributed by atoms with E-state index in [1.807, 2.05) is 6.07 Å². The normalized spacial score (nSPS) is 14.1. The molecule has 3 heterocycles. The third-order valence-electron chi connectivity index (χ3n) is 6.50. The van der Waals surface area contributed by atoms with Gasteiger partial charge in [0.05, 0.1) is 48.4 Å². The van der Waals surface area contributed by atoms with Crippen molar-refractivity contribution in [1.29, 1.82) is 0 Å². The van der Waals surface area contributed by atoms with Crippen LogP contribution in [0.2, 0.25) is 0 Å². The zero-order chi connectivity index (χ0) is 26.3. The monoisotopic (exact) mass is 506 g/mol. The van der Waals surface area contributed by atoms with Gasteiger partial charge in [0, 0.05) is 33.4 Å². The van der Waals surface area contributed by atoms with E-state index in [1.54, 1.807) is 49.0 Å². The summed E-state index contributed by atoms with van der Waals surface area (Å²) in [5, 5.41) is 11.0. The Hall–Kier alpha value is -4.58. The highest BCUT2D eigenvalue weighted by Gasteiger charge is 2.20. The largest absolute Gasteiger partial charge is 0.495 e. The van der Waals surface area contributed by atoms with Gasteiger partial charge >= 0.3 is 11.4 Å². The zero-order valence-electron chi connectivity index (χ0n) is 20.6. The summed E-state index contributed by atoms with van der Waals surface area (Å²) in [4.78, 5) is 46.7. The summed E-state index contributed by atoms with van der Waals surface area (Å²) in [6, 6.07) is 10.3. The Bertz CT molecular complexity index is 1700. The number of benzene rings is 2. The lowest BCUT2D eigenvalue weighted by Gasteiger charge is -2.30. The molecule has 12 heteroatoms. The van der Waals surface area contributed by atoms with E-state index in [4.69, 9.17) is 9.47 Å². The van der Waals surface area contributed by atoms with Crippen molar-refractivity contribution in [3.05, 3.63) is 73.3 Å². The van der Waals surface area contributed by atoms with Crippen LogP contribution in [0, 0.1) is 0 Å². The van der Waals surface area contributed by atoms with Gasteiger partial charge < -0.3 is 19.5 Å². The molecule has 1 aliphatic heterocycles. The second-order valence-corrected chi connectivity index (χ2v) is 8.59. The fourth-order valence-electron chi connectivity index (χ4n) is 4.51. The van der Waals surface area contributed by atoms with Crippen LogP contribution < -0.4 is 26.6 Å². The lowest BCUT2D eigenvalue weighted by Crippen LogP contribution is -2.36. The second-order valence-electron chi connectivity index (χ2n) is 8.59. The maximum Gasteiger partial charge on any atom is 0.335 e. The topological polar surface area (TPSA) is 136 Å². The molecule has 37 heavy (non-hydrogen) atoms. The number of aliphatic imine (C=N–C) groups is 1. The Labute approximate surface area is 210 Å². The summed E-state index contributed by atoms with van der Waals surface area (Å²) >= 11 is 0. The molecule has 0 saturated carbocycles. The predicted octanol–water partition coefficient (Wildman–Crippen LogP) is 1.02. The molecule has 1 saturated heterocycles. The first-order valence-corrected chi connectivity index (χ1v) is 11.6. The summed E-state index contributed by atoms with van der Waals surface area (Å²) in [5.41, 5.74) is 0.895. The number of rotatable bonds is 5. The van der Waals surface area contributed by atoms with Gasteiger partial charge in [-0.2, -0.15) is 0 Å². The van der Waals surface area contributed by atoms with Crippen LogP contribution in [0.4, 0.5) is 11.4 Å². The molecule has 5 rings (SSSR count). The van der Waals surface area contributed by atoms with Crippen molar-refractivity contribution >= 4 is 28.6 Å². The van der Waals surface area contributed by atoms with Crippen LogP contribution >= 0.6 is 0 Å². The molecule has 0 radical (unpaired) electrons. The van der Waals surface area contributed by atoms with Crippen molar-refractivity contribution in [3.63, 3.8) is 0 Å². The Morgan fingerprint density at radius 3 is 2.41 bits per heavy atom. The van der Waals surface area contributed by atoms with Gasteiger partial charge in [-0.25, -0.2) is 14.2 Å². The van der Waals surface area contributed by atoms with Crippen molar-refractivity contribution < 1.29 is 14.6 Å². The molecular weight excluding hydrogens is 480 g/mol. The van der Waals surface area contributed by atoms with Crippen LogP contribution in [0.25, 0.3) is 16.7 Å². The first-order valence-electron chi connectivity index (χ1n) is 11.6. The quantitative estimate of drug-likeness (QED) is 0.386. The molecule has 2 N–H and O–H groups in total. The first kappa shape index (κ1) is 24.1. The van der Waals surface area contributed by atoms with Gasteiger partial charge in [0.1, 0.15) is 11.3 Å². The van der Waals surface area contributed by atoms with Gasteiger partial charge in [0.2, 0.25) is 5.88 Å². The van der Waals surface area contributed by atoms with E-state index in [0.29, 0.717) is 43.3 Å². The summed E-state index contributed by atoms with van der Waals surface area (Å²) in [5.74, 6) is -0.247. The van der Waals surface area contributed by atoms with Crippen LogP contribution in [0.5, 0.6) is 11.6 Å². The summed E-state index contributed by atoms with van der Waals surface area (Å²) < 4.78 is 14.8. The minimum Gasteiger partial charge on any atom is -0.495 e. The highest BCUT2D eigenvalue weighted by atomic mass is 16.5. The van der Waals surface area contributed by atoms with E-state index in [2.05, 4.69) is 14.9 Å². The standard InChI is InChI=1S/C25H26N6O6/c1-28-19-12-16(18(30-8-10-37-11-9-30)13-20(19)29(2)25(28)35)26-14-15-22(32)27-24(34)31(23(15)33)17-6-4-5-7-21(17)36-3/h4-7,12-14,33H,8-11H2,1-3H3,(H,27,32,34). The number of nitrogens with zero attached hydrogens (tertiary/aromatic N) is 5. The van der Waals surface area contributed by atoms with E-state index in [0.717, 1.165) is 15.8 Å². The Kier molecular flexibility index (Phi) is 6.17. The number of aromatic nitrogens is 4. The number of hydrogen-bond acceptors (Lipinski definition) is 8. The Balaban J connectivity index is 1.68. The molecule has 0 bridgehead atoms. The number of ether oxygens (including phenoxy) is 2. The maximum absolute atomic E-state index is 12.7. The molecule has 1 aliphatic rings. The molecule has 0 amide bonds. The molecule has 192 valence electrons. The van der Waals surface area contributed by atoms with E-state index in [-0.39, 0.29) is 16.9 Å². The van der Waals surface area contributed by atoms with Gasteiger partial charge in [-0.15, -0.1) is 0 Å². The lowest BCUT2D eigenvalue weighted by molar-refractivity contribution is 0.123. The number of methoxy groups -OCH3 is 1. The molecule has 0 aliphatic carbocycles. The third kappa shape index (κ3) is 4.10. The number of morpholine rings is 1. The molecule has 0 unspecified atom stereocenters. The van der Waals surface area contributed by atoms with E-state index >= 15 is 0 Å². The molecule has 0 atom stereocenters. The fraction of sp³-hybridized carbons (Fsp3) is 0.280. The van der Waals surface area contributed by atoms with Crippen LogP contribution in [-0.2, 0) is 18.8 Å². The van der Waals surface area contributed by atoms with Crippen LogP contribution in [-0.4, -0.2) is 63.4 Å². The second kappa shape index (κ2) is 9.47. The average molecular weight is 507 g/mol. The van der Waals surface area contributed by atoms with Gasteiger partial charge in [0.15, 0.2) is 0 Å². The molecule has 0 spiro atoms. The summed E-state index contributed by atoms with van der Waals surface area (Å²) in [6.45, 7) is 2.33. The fourth-order valence-corrected chi connectivity index (χ4v) is 4.51. The van der Waals surface area contributed by atoms with Gasteiger partial charge in [0.25, 0.3) is 5.56 Å². The van der Waals surface area contributed by atoms with Crippen molar-refractivity contribution in [2.24, 2.45) is 19.1 Å². The minimum atomic E-state index is -0.820. The maximum atomic E-state index is 12.7. The van der Waals surface area contributed by atoms with E-state index < -0.39 is 17.1 Å². The predicted molar refractivity (Wildman–Crippen MR) is 139 cm³/mol. The highest BCUT2D eigenvalue weighted by molar-refractivity contribution is 5.92. The molecule has 4 aromatic rings. The number of para-hydroxylation sites is 2. The van der Waals surface area contributed by atoms with Crippen LogP contribution in [0.3, 0.4) is 0 Å². The molecular formula is C25H26N6O6. The highest BCUT2D eigenvalue weighted by Crippen LogP contribution is 2.34. The van der Waals surface area contributed by atoms with E-state index in [1.165, 1.54) is 17.9 Å². The van der Waals surface area contributed by atoms with Crippen molar-refractivity contribution in [2.75, 3.05) is 38.3 Å². The SMILES string of the molecule is COc1ccccc1-n1c(O)c(C=Nc2cc3c(cc2N2CCOCC2)n(C)c(=O)n3C)c(=O)[nH]c1=O. The number of imidazole rings is 1. The summed E-state index contributed by atoms with van der Waals surface area (Å²) in [7, 11) is 4.82. The van der Waals surface area contributed by atoms with Crippen molar-refractivity contribution in [2.45, 2.75) is 0 Å². The number of aryl methyl sites for hydroxylation is 2. The third-order valence-corrected chi connectivity index (χ3v) is 6.50. The first-order chi connectivity index (χ1) is 17.8. The molecule has 12 nitrogen and oxygen atoms in total. The number of hydrogen-bond donors (Lipinski definition) is 2. The Morgan fingerprint density at radius 2 is 1.70 bits per heavy atom. The number of anilines is 1. The average Bonchev–Trinajstić information content (AvgIpc) is 3.11. The molecule has 1 fully saturated rings. The van der Waals surface area contributed by atoms with Crippen LogP contribution in [0.1, 0.15) is 5.56 Å². The minimum absolute atomic E-state index is 0.179. The number of fused-ring (bicyclic) bond motifs is 1. The molecule has 2 aromatic carbocycles. The van der Waals surface area contributed by atoms with Crippen molar-refractivity contribution in [1.82, 2.24) is 18.7 Å². The molecule has 2 aromatic heterocycles. The van der Waals surface area contributed by atoms with Crippen molar-refractivity contribution in [3.8, 4) is 17.3 Å². The summed E-state index contributed by atoms with van der Waals surface area (Å²) in [6.07, 6.45) is 1.21. The van der Waals surface area contributed by atoms with E-state index in [9.17, 15) is 19.5 Å². The van der Waals surface area contributed by atoms with Crippen LogP contribution in [0.15, 0.2) is 55.8 Å². The van der Waals surface area contributed by atoms with Gasteiger partial charge in [-0.05, 0) is 24.3 Å². The number of aromatic amines is 1. The number of H-pyrrole nitrogens is 1. The lowest BCUT2D eigenvalue weighted by atomic mass is 10.2. The Morgan fingerprint density at radius 1 is 1.03 bits per heavy atom.